The van der Waals surface area contributed by atoms with E-state index < -0.39 is 68.9 Å². The first kappa shape index (κ1) is 30.5. The Morgan fingerprint density at radius 3 is 2.38 bits per heavy atom. The standard InChI is InChI=1S/C16H32B3N15O10P/c1-22-23(2)33-26-7-27-24(6-25(26)32(22)33)29-16(28-18-14-11(36)10(35)8(42-14)4-40-31-21-20-30(28)31)19(17)15-12(37)13(44-34(27)29)9(43-15)5-41-45(3,38)39/h8-16,20-21,35-39H,3-7H2,1-2H3/t8?,9?,10?,11?,12?,13?,14?,15?,16-/m0/s1. The van der Waals surface area contributed by atoms with Gasteiger partial charge in [0.2, 0.25) is 7.57 Å². The molecular formula is C16H32B3N15O10P. The summed E-state index contributed by atoms with van der Waals surface area (Å²) in [5.41, 5.74) is 5.68. The van der Waals surface area contributed by atoms with E-state index in [1.54, 1.807) is 22.6 Å². The normalized spacial score (nSPS) is 45.3. The minimum atomic E-state index is -3.88. The predicted molar refractivity (Wildman–Crippen MR) is 143 cm³/mol. The van der Waals surface area contributed by atoms with Crippen molar-refractivity contribution in [1.82, 2.24) is 78.1 Å². The molecule has 7 N–H and O–H groups in total. The van der Waals surface area contributed by atoms with Gasteiger partial charge in [0.1, 0.15) is 56.6 Å². The first-order valence-electron chi connectivity index (χ1n) is 14.2. The number of nitrogens with one attached hydrogen (secondary N) is 2. The van der Waals surface area contributed by atoms with E-state index in [0.29, 0.717) is 6.67 Å². The maximum atomic E-state index is 11.5. The van der Waals surface area contributed by atoms with E-state index in [0.717, 1.165) is 0 Å². The number of ether oxygens (including phenoxy) is 2. The Kier molecular flexibility index (Phi) is 7.13. The lowest BCUT2D eigenvalue weighted by Crippen LogP contribution is -3.01. The van der Waals surface area contributed by atoms with Gasteiger partial charge in [-0.05, 0) is 27.3 Å². The van der Waals surface area contributed by atoms with Crippen LogP contribution in [0.1, 0.15) is 0 Å². The van der Waals surface area contributed by atoms with Gasteiger partial charge in [0.15, 0.2) is 6.60 Å². The minimum absolute atomic E-state index is 0.0732. The summed E-state index contributed by atoms with van der Waals surface area (Å²) in [5, 5.41) is 54.0. The van der Waals surface area contributed by atoms with Crippen molar-refractivity contribution < 1.29 is 48.8 Å². The topological polar surface area (TPSA) is 213 Å². The van der Waals surface area contributed by atoms with Gasteiger partial charge in [0, 0.05) is 21.8 Å². The number of hydrogen-bond donors (Lipinski definition) is 7. The molecule has 9 heterocycles. The maximum absolute atomic E-state index is 11.5. The summed E-state index contributed by atoms with van der Waals surface area (Å²) < 4.78 is 17.3. The zero-order chi connectivity index (χ0) is 31.3. The molecule has 0 saturated carbocycles. The summed E-state index contributed by atoms with van der Waals surface area (Å²) in [4.78, 5) is 33.3. The average Bonchev–Trinajstić information content (AvgIpc) is 3.44. The molecule has 0 aromatic heterocycles. The van der Waals surface area contributed by atoms with Crippen molar-refractivity contribution in [3.63, 3.8) is 0 Å². The summed E-state index contributed by atoms with van der Waals surface area (Å²) in [6, 6.07) is -2.99. The smallest absolute Gasteiger partial charge is 0.273 e. The molecule has 29 heteroatoms. The molecule has 245 valence electrons. The fourth-order valence-electron chi connectivity index (χ4n) is 6.74. The van der Waals surface area contributed by atoms with E-state index in [2.05, 4.69) is 17.4 Å². The van der Waals surface area contributed by atoms with E-state index in [9.17, 15) is 25.1 Å². The highest BCUT2D eigenvalue weighted by molar-refractivity contribution is 7.57. The van der Waals surface area contributed by atoms with Crippen LogP contribution in [-0.2, 0) is 23.7 Å². The number of aliphatic hydroxyl groups is 3. The second-order valence-electron chi connectivity index (χ2n) is 11.7. The van der Waals surface area contributed by atoms with Gasteiger partial charge in [-0.15, -0.1) is 46.9 Å². The fraction of sp³-hybridized carbons (Fsp3) is 0.938. The van der Waals surface area contributed by atoms with Crippen molar-refractivity contribution in [3.05, 3.63) is 0 Å². The van der Waals surface area contributed by atoms with E-state index in [1.807, 2.05) is 50.1 Å². The van der Waals surface area contributed by atoms with Gasteiger partial charge in [-0.3, -0.25) is 9.68 Å². The van der Waals surface area contributed by atoms with Crippen LogP contribution in [0.5, 0.6) is 0 Å². The first-order valence-corrected chi connectivity index (χ1v) is 16.0. The van der Waals surface area contributed by atoms with Crippen LogP contribution in [0, 0.1) is 0 Å². The summed E-state index contributed by atoms with van der Waals surface area (Å²) in [6.45, 7) is -0.851. The fourth-order valence-corrected chi connectivity index (χ4v) is 7.13. The molecule has 9 aliphatic rings. The lowest BCUT2D eigenvalue weighted by atomic mass is 9.26. The Bertz CT molecular complexity index is 1260. The van der Waals surface area contributed by atoms with Crippen molar-refractivity contribution in [3.8, 4) is 0 Å². The molecule has 25 nitrogen and oxygen atoms in total. The molecule has 0 spiro atoms. The molecule has 3 radical (unpaired) electrons. The molecule has 9 fully saturated rings. The van der Waals surface area contributed by atoms with E-state index in [4.69, 9.17) is 31.4 Å². The number of aliphatic hydroxyl groups excluding tert-OH is 3. The van der Waals surface area contributed by atoms with E-state index in [-0.39, 0.29) is 19.9 Å². The van der Waals surface area contributed by atoms with Gasteiger partial charge in [0.25, 0.3) is 7.41 Å². The Balaban J connectivity index is 1.08. The number of nitrogens with zero attached hydrogens (tertiary/aromatic N) is 13. The quantitative estimate of drug-likeness (QED) is 0.110. The Morgan fingerprint density at radius 1 is 1.00 bits per heavy atom. The largest absolute Gasteiger partial charge is 0.388 e. The molecule has 0 aromatic carbocycles. The van der Waals surface area contributed by atoms with Crippen molar-refractivity contribution in [2.24, 2.45) is 0 Å². The highest BCUT2D eigenvalue weighted by Gasteiger charge is 2.69. The molecule has 9 saturated heterocycles. The Morgan fingerprint density at radius 2 is 1.71 bits per heavy atom. The van der Waals surface area contributed by atoms with Crippen molar-refractivity contribution >= 4 is 35.6 Å². The van der Waals surface area contributed by atoms with E-state index in [1.165, 1.54) is 15.8 Å². The van der Waals surface area contributed by atoms with Gasteiger partial charge < -0.3 is 39.1 Å². The van der Waals surface area contributed by atoms with Crippen LogP contribution in [0.2, 0.25) is 0 Å². The van der Waals surface area contributed by atoms with E-state index >= 15 is 0 Å². The third kappa shape index (κ3) is 4.33. The molecule has 0 amide bonds. The average molecular weight is 658 g/mol. The summed E-state index contributed by atoms with van der Waals surface area (Å²) in [5.74, 6) is 0. The number of hydrogen-bond acceptors (Lipinski definition) is 25. The number of hydrazine groups is 16. The number of fused-ring (bicyclic) bond motifs is 13. The number of rotatable bonds is 4. The van der Waals surface area contributed by atoms with Crippen molar-refractivity contribution in [1.29, 1.82) is 0 Å². The van der Waals surface area contributed by atoms with Gasteiger partial charge >= 0.3 is 0 Å². The Hall–Kier alpha value is -0.505. The third-order valence-corrected chi connectivity index (χ3v) is 9.68. The van der Waals surface area contributed by atoms with Gasteiger partial charge in [-0.25, -0.2) is 4.92 Å². The SMILES string of the molecule is [B]B1C2OC(COP(=C)(O)O)C(ON3N4CN5N(CN4N3[C@@H]1N1[B]C3OC(CON4NNN41)C(O)C3O)N1N(C)N(C)N51)C2O. The molecule has 4 bridgehead atoms. The monoisotopic (exact) mass is 658 g/mol. The lowest BCUT2D eigenvalue weighted by molar-refractivity contribution is -0.779. The zero-order valence-corrected chi connectivity index (χ0v) is 24.9. The summed E-state index contributed by atoms with van der Waals surface area (Å²) in [7, 11) is 8.47. The van der Waals surface area contributed by atoms with Gasteiger partial charge in [-0.1, -0.05) is 5.23 Å². The maximum Gasteiger partial charge on any atom is 0.273 e. The van der Waals surface area contributed by atoms with Crippen LogP contribution in [0.25, 0.3) is 0 Å². The van der Waals surface area contributed by atoms with Crippen LogP contribution in [0.15, 0.2) is 0 Å². The predicted octanol–water partition coefficient (Wildman–Crippen LogP) is -8.81. The summed E-state index contributed by atoms with van der Waals surface area (Å²) >= 11 is 0. The van der Waals surface area contributed by atoms with Crippen LogP contribution >= 0.6 is 7.57 Å². The van der Waals surface area contributed by atoms with Gasteiger partial charge in [-0.2, -0.15) is 0 Å². The zero-order valence-electron chi connectivity index (χ0n) is 24.0. The lowest BCUT2D eigenvalue weighted by Gasteiger charge is -2.77. The summed E-state index contributed by atoms with van der Waals surface area (Å²) in [6.07, 6.45) is -3.31. The first-order chi connectivity index (χ1) is 21.4. The van der Waals surface area contributed by atoms with Crippen LogP contribution in [0.4, 0.5) is 0 Å². The Labute approximate surface area is 258 Å². The molecule has 9 atom stereocenters. The minimum Gasteiger partial charge on any atom is -0.388 e. The van der Waals surface area contributed by atoms with Crippen LogP contribution < -0.4 is 11.1 Å². The highest BCUT2D eigenvalue weighted by Crippen LogP contribution is 2.46. The second kappa shape index (κ2) is 10.5. The van der Waals surface area contributed by atoms with Crippen LogP contribution in [-0.4, -0.2) is 215 Å². The molecule has 9 rings (SSSR count). The van der Waals surface area contributed by atoms with Crippen LogP contribution in [0.3, 0.4) is 0 Å². The third-order valence-electron chi connectivity index (χ3n) is 9.12. The molecule has 9 aliphatic heterocycles. The molecule has 0 aromatic rings. The molecule has 8 unspecified atom stereocenters. The molecule has 45 heavy (non-hydrogen) atoms. The van der Waals surface area contributed by atoms with Crippen molar-refractivity contribution in [2.45, 2.75) is 54.7 Å². The highest BCUT2D eigenvalue weighted by atomic mass is 31.2. The molecule has 0 aliphatic carbocycles. The second-order valence-corrected chi connectivity index (χ2v) is 13.3. The van der Waals surface area contributed by atoms with Gasteiger partial charge in [0.05, 0.1) is 24.7 Å². The molecular weight excluding hydrogens is 626 g/mol. The van der Waals surface area contributed by atoms with Crippen molar-refractivity contribution in [2.75, 3.05) is 40.6 Å².